The number of carbonyl (C=O) groups excluding carboxylic acids is 2. The zero-order valence-electron chi connectivity index (χ0n) is 14.7. The van der Waals surface area contributed by atoms with Crippen LogP contribution in [0.2, 0.25) is 0 Å². The maximum atomic E-state index is 13.3. The Labute approximate surface area is 167 Å². The van der Waals surface area contributed by atoms with Crippen molar-refractivity contribution in [1.82, 2.24) is 19.5 Å². The number of hydrogen-bond acceptors (Lipinski definition) is 4. The molecule has 0 saturated heterocycles. The number of carbonyl (C=O) groups is 2. The predicted octanol–water partition coefficient (Wildman–Crippen LogP) is 2.76. The molecule has 28 heavy (non-hydrogen) atoms. The molecule has 7 nitrogen and oxygen atoms in total. The van der Waals surface area contributed by atoms with Crippen LogP contribution in [-0.2, 0) is 10.2 Å². The van der Waals surface area contributed by atoms with Gasteiger partial charge >= 0.3 is 0 Å². The topological polar surface area (TPSA) is 79.6 Å². The van der Waals surface area contributed by atoms with E-state index in [9.17, 15) is 14.0 Å². The molecule has 2 aromatic heterocycles. The zero-order chi connectivity index (χ0) is 19.5. The molecule has 2 amide bonds. The van der Waals surface area contributed by atoms with Crippen molar-refractivity contribution in [2.45, 2.75) is 18.3 Å². The third kappa shape index (κ3) is 2.86. The third-order valence-electron chi connectivity index (χ3n) is 5.30. The Morgan fingerprint density at radius 3 is 2.89 bits per heavy atom. The Hall–Kier alpha value is -2.81. The quantitative estimate of drug-likeness (QED) is 0.674. The summed E-state index contributed by atoms with van der Waals surface area (Å²) in [6, 6.07) is 8.41. The number of amides is 2. The van der Waals surface area contributed by atoms with E-state index in [0.717, 1.165) is 22.9 Å². The molecule has 1 N–H and O–H groups in total. The summed E-state index contributed by atoms with van der Waals surface area (Å²) in [6.07, 6.45) is 3.18. The highest BCUT2D eigenvalue weighted by Crippen LogP contribution is 2.52. The van der Waals surface area contributed by atoms with Crippen molar-refractivity contribution in [2.75, 3.05) is 18.4 Å². The SMILES string of the molecule is O=C(CN1CC2(CC2)c2cc(Br)ccc2C1=O)Nc1nc2ccc(F)cn2n1. The summed E-state index contributed by atoms with van der Waals surface area (Å²) in [5.74, 6) is -0.916. The van der Waals surface area contributed by atoms with Crippen molar-refractivity contribution in [3.05, 3.63) is 57.9 Å². The minimum absolute atomic E-state index is 0.0494. The smallest absolute Gasteiger partial charge is 0.254 e. The van der Waals surface area contributed by atoms with Crippen LogP contribution in [0.5, 0.6) is 0 Å². The fourth-order valence-electron chi connectivity index (χ4n) is 3.79. The van der Waals surface area contributed by atoms with E-state index in [4.69, 9.17) is 0 Å². The van der Waals surface area contributed by atoms with Crippen LogP contribution >= 0.6 is 15.9 Å². The van der Waals surface area contributed by atoms with Crippen molar-refractivity contribution < 1.29 is 14.0 Å². The van der Waals surface area contributed by atoms with Gasteiger partial charge in [-0.05, 0) is 48.7 Å². The van der Waals surface area contributed by atoms with E-state index < -0.39 is 5.82 Å². The molecule has 0 unspecified atom stereocenters. The first-order chi connectivity index (χ1) is 13.4. The molecule has 142 valence electrons. The summed E-state index contributed by atoms with van der Waals surface area (Å²) in [4.78, 5) is 31.1. The van der Waals surface area contributed by atoms with Crippen LogP contribution in [0.15, 0.2) is 41.0 Å². The van der Waals surface area contributed by atoms with Gasteiger partial charge in [-0.2, -0.15) is 4.98 Å². The van der Waals surface area contributed by atoms with Crippen LogP contribution in [0.4, 0.5) is 10.3 Å². The number of halogens is 2. The van der Waals surface area contributed by atoms with Crippen molar-refractivity contribution in [1.29, 1.82) is 0 Å². The summed E-state index contributed by atoms with van der Waals surface area (Å²) in [5.41, 5.74) is 2.09. The molecule has 1 fully saturated rings. The number of rotatable bonds is 3. The minimum atomic E-state index is -0.450. The Balaban J connectivity index is 1.35. The van der Waals surface area contributed by atoms with Gasteiger partial charge in [0.15, 0.2) is 5.65 Å². The van der Waals surface area contributed by atoms with E-state index in [1.54, 1.807) is 4.90 Å². The van der Waals surface area contributed by atoms with Crippen molar-refractivity contribution in [2.24, 2.45) is 0 Å². The minimum Gasteiger partial charge on any atom is -0.328 e. The lowest BCUT2D eigenvalue weighted by molar-refractivity contribution is -0.117. The van der Waals surface area contributed by atoms with E-state index in [2.05, 4.69) is 31.3 Å². The first-order valence-corrected chi connectivity index (χ1v) is 9.64. The van der Waals surface area contributed by atoms with Gasteiger partial charge in [-0.25, -0.2) is 8.91 Å². The summed E-state index contributed by atoms with van der Waals surface area (Å²) >= 11 is 3.47. The number of nitrogens with zero attached hydrogens (tertiary/aromatic N) is 4. The van der Waals surface area contributed by atoms with Gasteiger partial charge in [0.2, 0.25) is 11.9 Å². The molecule has 0 radical (unpaired) electrons. The second-order valence-corrected chi connectivity index (χ2v) is 8.18. The highest BCUT2D eigenvalue weighted by molar-refractivity contribution is 9.10. The van der Waals surface area contributed by atoms with Crippen LogP contribution in [0.3, 0.4) is 0 Å². The standard InChI is InChI=1S/C19H15BrFN5O2/c20-11-1-3-13-14(7-11)19(5-6-19)10-25(17(13)28)9-16(27)23-18-22-15-4-2-12(21)8-26(15)24-18/h1-4,7-8H,5-6,9-10H2,(H,23,24,27). The van der Waals surface area contributed by atoms with Gasteiger partial charge in [0.05, 0.1) is 6.20 Å². The van der Waals surface area contributed by atoms with Gasteiger partial charge in [0.1, 0.15) is 12.4 Å². The number of hydrogen-bond donors (Lipinski definition) is 1. The highest BCUT2D eigenvalue weighted by atomic mass is 79.9. The second-order valence-electron chi connectivity index (χ2n) is 7.27. The molecule has 0 bridgehead atoms. The van der Waals surface area contributed by atoms with Gasteiger partial charge < -0.3 is 4.90 Å². The number of pyridine rings is 1. The van der Waals surface area contributed by atoms with Crippen molar-refractivity contribution >= 4 is 39.3 Å². The molecule has 1 spiro atoms. The molecule has 1 aromatic carbocycles. The van der Waals surface area contributed by atoms with Gasteiger partial charge in [0, 0.05) is 22.0 Å². The number of anilines is 1. The lowest BCUT2D eigenvalue weighted by Crippen LogP contribution is -2.46. The average molecular weight is 444 g/mol. The monoisotopic (exact) mass is 443 g/mol. The summed E-state index contributed by atoms with van der Waals surface area (Å²) < 4.78 is 15.5. The molecule has 9 heteroatoms. The molecule has 0 atom stereocenters. The van der Waals surface area contributed by atoms with Gasteiger partial charge in [-0.3, -0.25) is 14.9 Å². The fraction of sp³-hybridized carbons (Fsp3) is 0.263. The van der Waals surface area contributed by atoms with E-state index in [-0.39, 0.29) is 29.7 Å². The number of aromatic nitrogens is 3. The third-order valence-corrected chi connectivity index (χ3v) is 5.79. The Morgan fingerprint density at radius 1 is 1.29 bits per heavy atom. The van der Waals surface area contributed by atoms with E-state index in [0.29, 0.717) is 17.8 Å². The summed E-state index contributed by atoms with van der Waals surface area (Å²) in [6.45, 7) is 0.437. The zero-order valence-corrected chi connectivity index (χ0v) is 16.2. The molecule has 1 aliphatic carbocycles. The van der Waals surface area contributed by atoms with Crippen LogP contribution in [0, 0.1) is 5.82 Å². The highest BCUT2D eigenvalue weighted by Gasteiger charge is 2.51. The van der Waals surface area contributed by atoms with Crippen molar-refractivity contribution in [3.63, 3.8) is 0 Å². The Kier molecular flexibility index (Phi) is 3.77. The van der Waals surface area contributed by atoms with Crippen LogP contribution in [0.1, 0.15) is 28.8 Å². The van der Waals surface area contributed by atoms with Gasteiger partial charge in [-0.15, -0.1) is 5.10 Å². The summed E-state index contributed by atoms with van der Waals surface area (Å²) in [5, 5.41) is 6.63. The number of fused-ring (bicyclic) bond motifs is 3. The van der Waals surface area contributed by atoms with Crippen LogP contribution in [-0.4, -0.2) is 44.4 Å². The average Bonchev–Trinajstić information content (AvgIpc) is 3.31. The first-order valence-electron chi connectivity index (χ1n) is 8.85. The molecular weight excluding hydrogens is 429 g/mol. The molecule has 1 aliphatic heterocycles. The molecular formula is C19H15BrFN5O2. The maximum Gasteiger partial charge on any atom is 0.254 e. The normalized spacial score (nSPS) is 17.1. The largest absolute Gasteiger partial charge is 0.328 e. The van der Waals surface area contributed by atoms with Gasteiger partial charge in [0.25, 0.3) is 5.91 Å². The Morgan fingerprint density at radius 2 is 2.11 bits per heavy atom. The predicted molar refractivity (Wildman–Crippen MR) is 103 cm³/mol. The lowest BCUT2D eigenvalue weighted by Gasteiger charge is -2.34. The number of nitrogens with one attached hydrogen (secondary N) is 1. The Bertz CT molecular complexity index is 1140. The number of benzene rings is 1. The first kappa shape index (κ1) is 17.3. The summed E-state index contributed by atoms with van der Waals surface area (Å²) in [7, 11) is 0. The molecule has 1 saturated carbocycles. The molecule has 3 heterocycles. The van der Waals surface area contributed by atoms with E-state index in [1.165, 1.54) is 22.8 Å². The molecule has 3 aromatic rings. The van der Waals surface area contributed by atoms with E-state index in [1.807, 2.05) is 18.2 Å². The fourth-order valence-corrected chi connectivity index (χ4v) is 4.15. The molecule has 2 aliphatic rings. The maximum absolute atomic E-state index is 13.3. The van der Waals surface area contributed by atoms with Crippen LogP contribution in [0.25, 0.3) is 5.65 Å². The lowest BCUT2D eigenvalue weighted by atomic mass is 9.86. The van der Waals surface area contributed by atoms with Gasteiger partial charge in [-0.1, -0.05) is 15.9 Å². The second kappa shape index (κ2) is 6.10. The van der Waals surface area contributed by atoms with E-state index >= 15 is 0 Å². The van der Waals surface area contributed by atoms with Crippen LogP contribution < -0.4 is 5.32 Å². The van der Waals surface area contributed by atoms with Crippen molar-refractivity contribution in [3.8, 4) is 0 Å². The molecule has 5 rings (SSSR count).